The standard InChI is InChI=1S/C14H21IO3/c1-2-18-13(17)14(9-5-3-7-11-15)10-6-4-8-12(14)16/h7,11H,2-6,8-10H2,1H3/b11-7-. The first kappa shape index (κ1) is 15.7. The Bertz CT molecular complexity index is 325. The second kappa shape index (κ2) is 7.92. The average molecular weight is 364 g/mol. The molecule has 0 aromatic carbocycles. The van der Waals surface area contributed by atoms with E-state index >= 15 is 0 Å². The molecule has 1 aliphatic rings. The Kier molecular flexibility index (Phi) is 6.89. The first-order valence-electron chi connectivity index (χ1n) is 6.63. The van der Waals surface area contributed by atoms with Crippen molar-refractivity contribution in [2.75, 3.05) is 6.61 Å². The van der Waals surface area contributed by atoms with Gasteiger partial charge >= 0.3 is 5.97 Å². The van der Waals surface area contributed by atoms with Crippen LogP contribution in [0.3, 0.4) is 0 Å². The van der Waals surface area contributed by atoms with Crippen molar-refractivity contribution in [1.82, 2.24) is 0 Å². The van der Waals surface area contributed by atoms with Gasteiger partial charge in [-0.2, -0.15) is 0 Å². The molecule has 1 atom stereocenters. The molecule has 0 spiro atoms. The fourth-order valence-corrected chi connectivity index (χ4v) is 2.89. The molecule has 0 radical (unpaired) electrons. The largest absolute Gasteiger partial charge is 0.465 e. The van der Waals surface area contributed by atoms with Crippen molar-refractivity contribution in [3.63, 3.8) is 0 Å². The van der Waals surface area contributed by atoms with Crippen LogP contribution in [0.15, 0.2) is 10.2 Å². The van der Waals surface area contributed by atoms with Crippen LogP contribution in [0.1, 0.15) is 51.9 Å². The Morgan fingerprint density at radius 3 is 2.89 bits per heavy atom. The van der Waals surface area contributed by atoms with Gasteiger partial charge in [0.2, 0.25) is 0 Å². The highest BCUT2D eigenvalue weighted by molar-refractivity contribution is 14.1. The molecule has 0 aliphatic heterocycles. The van der Waals surface area contributed by atoms with Crippen molar-refractivity contribution in [3.8, 4) is 0 Å². The van der Waals surface area contributed by atoms with E-state index in [0.717, 1.165) is 25.7 Å². The molecule has 1 unspecified atom stereocenters. The molecule has 1 saturated carbocycles. The van der Waals surface area contributed by atoms with E-state index in [1.54, 1.807) is 6.92 Å². The number of unbranched alkanes of at least 4 members (excludes halogenated alkanes) is 1. The molecule has 1 fully saturated rings. The SMILES string of the molecule is CCOC(=O)C1(CCC/C=C\I)CCCCC1=O. The van der Waals surface area contributed by atoms with Crippen molar-refractivity contribution < 1.29 is 14.3 Å². The van der Waals surface area contributed by atoms with Crippen molar-refractivity contribution in [2.45, 2.75) is 51.9 Å². The molecule has 0 amide bonds. The summed E-state index contributed by atoms with van der Waals surface area (Å²) in [7, 11) is 0. The highest BCUT2D eigenvalue weighted by Crippen LogP contribution is 2.39. The van der Waals surface area contributed by atoms with E-state index in [1.807, 2.05) is 4.08 Å². The van der Waals surface area contributed by atoms with E-state index in [4.69, 9.17) is 4.74 Å². The van der Waals surface area contributed by atoms with Gasteiger partial charge in [-0.15, -0.1) is 0 Å². The molecule has 0 aromatic rings. The van der Waals surface area contributed by atoms with Gasteiger partial charge in [0.1, 0.15) is 11.2 Å². The average Bonchev–Trinajstić information content (AvgIpc) is 2.37. The predicted molar refractivity (Wildman–Crippen MR) is 79.6 cm³/mol. The second-order valence-electron chi connectivity index (χ2n) is 4.69. The monoisotopic (exact) mass is 364 g/mol. The molecule has 102 valence electrons. The normalized spacial score (nSPS) is 24.4. The number of allylic oxidation sites excluding steroid dienone is 1. The summed E-state index contributed by atoms with van der Waals surface area (Å²) in [5.41, 5.74) is -0.840. The number of ketones is 1. The molecule has 0 aromatic heterocycles. The molecule has 3 nitrogen and oxygen atoms in total. The summed E-state index contributed by atoms with van der Waals surface area (Å²) in [6.07, 6.45) is 7.53. The summed E-state index contributed by atoms with van der Waals surface area (Å²) >= 11 is 2.18. The van der Waals surface area contributed by atoms with Gasteiger partial charge in [-0.05, 0) is 43.1 Å². The summed E-state index contributed by atoms with van der Waals surface area (Å²) in [5.74, 6) is -0.209. The number of hydrogen-bond acceptors (Lipinski definition) is 3. The third-order valence-corrected chi connectivity index (χ3v) is 4.03. The van der Waals surface area contributed by atoms with E-state index in [1.165, 1.54) is 0 Å². The van der Waals surface area contributed by atoms with Gasteiger partial charge in [0.05, 0.1) is 6.61 Å². The van der Waals surface area contributed by atoms with Crippen LogP contribution >= 0.6 is 22.6 Å². The van der Waals surface area contributed by atoms with Crippen molar-refractivity contribution >= 4 is 34.3 Å². The van der Waals surface area contributed by atoms with Crippen molar-refractivity contribution in [3.05, 3.63) is 10.2 Å². The van der Waals surface area contributed by atoms with E-state index < -0.39 is 5.41 Å². The van der Waals surface area contributed by atoms with Crippen LogP contribution in [0.2, 0.25) is 0 Å². The second-order valence-corrected chi connectivity index (χ2v) is 5.41. The maximum atomic E-state index is 12.2. The summed E-state index contributed by atoms with van der Waals surface area (Å²) in [5, 5.41) is 0. The molecule has 1 aliphatic carbocycles. The molecule has 1 rings (SSSR count). The van der Waals surface area contributed by atoms with Crippen molar-refractivity contribution in [2.24, 2.45) is 5.41 Å². The van der Waals surface area contributed by atoms with E-state index in [-0.39, 0.29) is 11.8 Å². The molecule has 0 N–H and O–H groups in total. The number of carbonyl (C=O) groups excluding carboxylic acids is 2. The number of Topliss-reactive ketones (excluding diaryl/α,β-unsaturated/α-hetero) is 1. The lowest BCUT2D eigenvalue weighted by Gasteiger charge is -2.33. The van der Waals surface area contributed by atoms with Gasteiger partial charge in [0, 0.05) is 6.42 Å². The number of carbonyl (C=O) groups is 2. The Hall–Kier alpha value is -0.390. The van der Waals surface area contributed by atoms with E-state index in [0.29, 0.717) is 25.9 Å². The third-order valence-electron chi connectivity index (χ3n) is 3.52. The van der Waals surface area contributed by atoms with Gasteiger partial charge in [-0.3, -0.25) is 9.59 Å². The number of esters is 1. The zero-order valence-corrected chi connectivity index (χ0v) is 13.1. The third kappa shape index (κ3) is 3.80. The van der Waals surface area contributed by atoms with Crippen LogP contribution < -0.4 is 0 Å². The van der Waals surface area contributed by atoms with Crippen molar-refractivity contribution in [1.29, 1.82) is 0 Å². The van der Waals surface area contributed by atoms with Crippen LogP contribution in [0.25, 0.3) is 0 Å². The number of ether oxygens (including phenoxy) is 1. The molecule has 18 heavy (non-hydrogen) atoms. The quantitative estimate of drug-likeness (QED) is 0.312. The number of hydrogen-bond donors (Lipinski definition) is 0. The van der Waals surface area contributed by atoms with E-state index in [9.17, 15) is 9.59 Å². The van der Waals surface area contributed by atoms with Gasteiger partial charge in [0.15, 0.2) is 0 Å². The van der Waals surface area contributed by atoms with Crippen LogP contribution in [-0.4, -0.2) is 18.4 Å². The lowest BCUT2D eigenvalue weighted by Crippen LogP contribution is -2.42. The summed E-state index contributed by atoms with van der Waals surface area (Å²) in [6.45, 7) is 2.14. The minimum Gasteiger partial charge on any atom is -0.465 e. The smallest absolute Gasteiger partial charge is 0.319 e. The number of rotatable bonds is 6. The fraction of sp³-hybridized carbons (Fsp3) is 0.714. The molecule has 0 bridgehead atoms. The minimum absolute atomic E-state index is 0.0886. The maximum Gasteiger partial charge on any atom is 0.319 e. The van der Waals surface area contributed by atoms with Gasteiger partial charge in [-0.25, -0.2) is 0 Å². The summed E-state index contributed by atoms with van der Waals surface area (Å²) in [6, 6.07) is 0. The lowest BCUT2D eigenvalue weighted by atomic mass is 9.70. The van der Waals surface area contributed by atoms with Gasteiger partial charge in [0.25, 0.3) is 0 Å². The number of halogens is 1. The van der Waals surface area contributed by atoms with Gasteiger partial charge < -0.3 is 4.74 Å². The molecule has 4 heteroatoms. The maximum absolute atomic E-state index is 12.2. The molecular formula is C14H21IO3. The summed E-state index contributed by atoms with van der Waals surface area (Å²) < 4.78 is 7.10. The lowest BCUT2D eigenvalue weighted by molar-refractivity contribution is -0.163. The summed E-state index contributed by atoms with van der Waals surface area (Å²) in [4.78, 5) is 24.3. The molecule has 0 saturated heterocycles. The fourth-order valence-electron chi connectivity index (χ4n) is 2.53. The van der Waals surface area contributed by atoms with E-state index in [2.05, 4.69) is 28.7 Å². The first-order valence-corrected chi connectivity index (χ1v) is 7.87. The first-order chi connectivity index (χ1) is 8.67. The van der Waals surface area contributed by atoms with Crippen LogP contribution in [0.4, 0.5) is 0 Å². The van der Waals surface area contributed by atoms with Crippen LogP contribution in [0, 0.1) is 5.41 Å². The van der Waals surface area contributed by atoms with Gasteiger partial charge in [-0.1, -0.05) is 35.1 Å². The molecular weight excluding hydrogens is 343 g/mol. The predicted octanol–water partition coefficient (Wildman–Crippen LogP) is 3.80. The Labute approximate surface area is 122 Å². The van der Waals surface area contributed by atoms with Crippen LogP contribution in [0.5, 0.6) is 0 Å². The van der Waals surface area contributed by atoms with Crippen LogP contribution in [-0.2, 0) is 14.3 Å². The Balaban J connectivity index is 2.72. The minimum atomic E-state index is -0.840. The Morgan fingerprint density at radius 2 is 2.28 bits per heavy atom. The topological polar surface area (TPSA) is 43.4 Å². The highest BCUT2D eigenvalue weighted by atomic mass is 127. The zero-order valence-electron chi connectivity index (χ0n) is 10.9. The molecule has 0 heterocycles. The Morgan fingerprint density at radius 1 is 1.50 bits per heavy atom. The highest BCUT2D eigenvalue weighted by Gasteiger charge is 2.47. The zero-order chi connectivity index (χ0) is 13.4.